The molecule has 7 heteroatoms. The first-order valence-corrected chi connectivity index (χ1v) is 5.69. The average Bonchev–Trinajstić information content (AvgIpc) is 2.20. The SMILES string of the molecule is COCC(Cl)Cc1ncc(Br)cc1[N+](=O)[O-]. The van der Waals surface area contributed by atoms with Crippen LogP contribution in [-0.2, 0) is 11.2 Å². The zero-order valence-electron chi connectivity index (χ0n) is 8.52. The van der Waals surface area contributed by atoms with Gasteiger partial charge in [-0.1, -0.05) is 0 Å². The van der Waals surface area contributed by atoms with Crippen molar-refractivity contribution >= 4 is 33.2 Å². The van der Waals surface area contributed by atoms with E-state index in [4.69, 9.17) is 16.3 Å². The molecule has 16 heavy (non-hydrogen) atoms. The molecule has 0 aliphatic rings. The van der Waals surface area contributed by atoms with E-state index in [2.05, 4.69) is 20.9 Å². The summed E-state index contributed by atoms with van der Waals surface area (Å²) in [6, 6.07) is 1.42. The minimum atomic E-state index is -0.469. The topological polar surface area (TPSA) is 65.3 Å². The highest BCUT2D eigenvalue weighted by atomic mass is 79.9. The highest BCUT2D eigenvalue weighted by Gasteiger charge is 2.18. The summed E-state index contributed by atoms with van der Waals surface area (Å²) in [5.41, 5.74) is 0.335. The first-order chi connectivity index (χ1) is 7.54. The molecule has 0 radical (unpaired) electrons. The zero-order valence-corrected chi connectivity index (χ0v) is 10.9. The van der Waals surface area contributed by atoms with Crippen LogP contribution in [0.15, 0.2) is 16.7 Å². The average molecular weight is 310 g/mol. The number of nitrogens with zero attached hydrogens (tertiary/aromatic N) is 2. The van der Waals surface area contributed by atoms with Crippen molar-refractivity contribution in [3.8, 4) is 0 Å². The van der Waals surface area contributed by atoms with E-state index < -0.39 is 4.92 Å². The van der Waals surface area contributed by atoms with E-state index in [1.54, 1.807) is 0 Å². The lowest BCUT2D eigenvalue weighted by atomic mass is 10.2. The van der Waals surface area contributed by atoms with Crippen molar-refractivity contribution in [1.29, 1.82) is 0 Å². The molecule has 0 spiro atoms. The van der Waals surface area contributed by atoms with Gasteiger partial charge in [-0.25, -0.2) is 0 Å². The lowest BCUT2D eigenvalue weighted by Crippen LogP contribution is -2.13. The Balaban J connectivity index is 2.90. The number of ether oxygens (including phenoxy) is 1. The maximum absolute atomic E-state index is 10.8. The number of nitro groups is 1. The fourth-order valence-corrected chi connectivity index (χ4v) is 1.81. The molecule has 1 heterocycles. The van der Waals surface area contributed by atoms with E-state index in [0.29, 0.717) is 23.2 Å². The van der Waals surface area contributed by atoms with Crippen LogP contribution >= 0.6 is 27.5 Å². The van der Waals surface area contributed by atoms with Crippen molar-refractivity contribution in [2.75, 3.05) is 13.7 Å². The molecule has 0 fully saturated rings. The smallest absolute Gasteiger partial charge is 0.291 e. The van der Waals surface area contributed by atoms with Crippen LogP contribution in [0.1, 0.15) is 5.69 Å². The number of halogens is 2. The second kappa shape index (κ2) is 6.12. The predicted molar refractivity (Wildman–Crippen MR) is 63.8 cm³/mol. The second-order valence-electron chi connectivity index (χ2n) is 3.13. The van der Waals surface area contributed by atoms with Crippen LogP contribution in [0.2, 0.25) is 0 Å². The number of methoxy groups -OCH3 is 1. The van der Waals surface area contributed by atoms with Crippen molar-refractivity contribution in [3.63, 3.8) is 0 Å². The molecule has 5 nitrogen and oxygen atoms in total. The third-order valence-electron chi connectivity index (χ3n) is 1.87. The quantitative estimate of drug-likeness (QED) is 0.476. The number of alkyl halides is 1. The molecule has 0 N–H and O–H groups in total. The molecule has 0 saturated carbocycles. The molecule has 1 rings (SSSR count). The van der Waals surface area contributed by atoms with Crippen LogP contribution in [0.5, 0.6) is 0 Å². The Bertz CT molecular complexity index is 389. The summed E-state index contributed by atoms with van der Waals surface area (Å²) in [4.78, 5) is 14.3. The fourth-order valence-electron chi connectivity index (χ4n) is 1.22. The van der Waals surface area contributed by atoms with Gasteiger partial charge in [-0.2, -0.15) is 0 Å². The second-order valence-corrected chi connectivity index (χ2v) is 4.67. The molecular weight excluding hydrogens is 299 g/mol. The van der Waals surface area contributed by atoms with E-state index in [9.17, 15) is 10.1 Å². The predicted octanol–water partition coefficient (Wildman–Crippen LogP) is 2.55. The van der Waals surface area contributed by atoms with Crippen LogP contribution in [-0.4, -0.2) is 29.0 Å². The van der Waals surface area contributed by atoms with E-state index in [0.717, 1.165) is 0 Å². The van der Waals surface area contributed by atoms with Crippen molar-refractivity contribution < 1.29 is 9.66 Å². The summed E-state index contributed by atoms with van der Waals surface area (Å²) in [6.45, 7) is 0.330. The van der Waals surface area contributed by atoms with Gasteiger partial charge in [0.15, 0.2) is 0 Å². The summed E-state index contributed by atoms with van der Waals surface area (Å²) < 4.78 is 5.43. The first kappa shape index (κ1) is 13.3. The highest BCUT2D eigenvalue weighted by molar-refractivity contribution is 9.10. The van der Waals surface area contributed by atoms with Crippen molar-refractivity contribution in [1.82, 2.24) is 4.98 Å². The van der Waals surface area contributed by atoms with Gasteiger partial charge in [0.25, 0.3) is 5.69 Å². The van der Waals surface area contributed by atoms with Gasteiger partial charge < -0.3 is 4.74 Å². The Morgan fingerprint density at radius 3 is 3.00 bits per heavy atom. The molecule has 1 aromatic heterocycles. The minimum absolute atomic E-state index is 0.0314. The molecule has 0 aliphatic carbocycles. The van der Waals surface area contributed by atoms with Gasteiger partial charge in [0.05, 0.1) is 16.9 Å². The number of hydrogen-bond acceptors (Lipinski definition) is 4. The maximum Gasteiger partial charge on any atom is 0.291 e. The van der Waals surface area contributed by atoms with Crippen molar-refractivity contribution in [3.05, 3.63) is 32.5 Å². The van der Waals surface area contributed by atoms with Gasteiger partial charge in [-0.15, -0.1) is 11.6 Å². The van der Waals surface area contributed by atoms with E-state index in [1.807, 2.05) is 0 Å². The van der Waals surface area contributed by atoms with Gasteiger partial charge in [0.1, 0.15) is 5.69 Å². The van der Waals surface area contributed by atoms with E-state index in [1.165, 1.54) is 19.4 Å². The Morgan fingerprint density at radius 2 is 2.44 bits per heavy atom. The summed E-state index contributed by atoms with van der Waals surface area (Å²) in [5, 5.41) is 10.5. The zero-order chi connectivity index (χ0) is 12.1. The van der Waals surface area contributed by atoms with Gasteiger partial charge in [-0.3, -0.25) is 15.1 Å². The largest absolute Gasteiger partial charge is 0.383 e. The van der Waals surface area contributed by atoms with Crippen LogP contribution in [0.25, 0.3) is 0 Å². The summed E-state index contributed by atoms with van der Waals surface area (Å²) in [6.07, 6.45) is 1.82. The fraction of sp³-hybridized carbons (Fsp3) is 0.444. The summed E-state index contributed by atoms with van der Waals surface area (Å²) >= 11 is 9.07. The molecule has 0 saturated heterocycles. The molecule has 1 aromatic rings. The molecule has 0 aliphatic heterocycles. The number of rotatable bonds is 5. The van der Waals surface area contributed by atoms with Crippen LogP contribution in [0, 0.1) is 10.1 Å². The normalized spacial score (nSPS) is 12.4. The Morgan fingerprint density at radius 1 is 1.75 bits per heavy atom. The van der Waals surface area contributed by atoms with Crippen LogP contribution in [0.4, 0.5) is 5.69 Å². The molecule has 0 bridgehead atoms. The van der Waals surface area contributed by atoms with E-state index >= 15 is 0 Å². The van der Waals surface area contributed by atoms with Crippen LogP contribution < -0.4 is 0 Å². The number of pyridine rings is 1. The third kappa shape index (κ3) is 3.70. The van der Waals surface area contributed by atoms with Gasteiger partial charge in [-0.05, 0) is 15.9 Å². The third-order valence-corrected chi connectivity index (χ3v) is 2.59. The lowest BCUT2D eigenvalue weighted by Gasteiger charge is -2.07. The molecule has 88 valence electrons. The maximum atomic E-state index is 10.8. The molecule has 1 atom stereocenters. The molecular formula is C9H10BrClN2O3. The van der Waals surface area contributed by atoms with E-state index in [-0.39, 0.29) is 11.1 Å². The highest BCUT2D eigenvalue weighted by Crippen LogP contribution is 2.23. The molecule has 1 unspecified atom stereocenters. The first-order valence-electron chi connectivity index (χ1n) is 4.46. The Labute approximate surface area is 106 Å². The Hall–Kier alpha value is -0.720. The minimum Gasteiger partial charge on any atom is -0.383 e. The summed E-state index contributed by atoms with van der Waals surface area (Å²) in [7, 11) is 1.53. The Kier molecular flexibility index (Phi) is 5.11. The number of aromatic nitrogens is 1. The monoisotopic (exact) mass is 308 g/mol. The van der Waals surface area contributed by atoms with Crippen molar-refractivity contribution in [2.24, 2.45) is 0 Å². The van der Waals surface area contributed by atoms with Gasteiger partial charge >= 0.3 is 0 Å². The summed E-state index contributed by atoms with van der Waals surface area (Å²) in [5.74, 6) is 0. The van der Waals surface area contributed by atoms with Gasteiger partial charge in [0.2, 0.25) is 0 Å². The van der Waals surface area contributed by atoms with Crippen LogP contribution in [0.3, 0.4) is 0 Å². The number of hydrogen-bond donors (Lipinski definition) is 0. The lowest BCUT2D eigenvalue weighted by molar-refractivity contribution is -0.386. The van der Waals surface area contributed by atoms with Crippen molar-refractivity contribution in [2.45, 2.75) is 11.8 Å². The standard InChI is InChI=1S/C9H10BrClN2O3/c1-16-5-7(11)3-8-9(13(14)15)2-6(10)4-12-8/h2,4,7H,3,5H2,1H3. The molecule has 0 amide bonds. The molecule has 0 aromatic carbocycles. The van der Waals surface area contributed by atoms with Gasteiger partial charge in [0, 0.05) is 30.3 Å².